The predicted molar refractivity (Wildman–Crippen MR) is 66.1 cm³/mol. The normalized spacial score (nSPS) is 23.8. The zero-order chi connectivity index (χ0) is 12.0. The minimum absolute atomic E-state index is 0.129. The lowest BCUT2D eigenvalue weighted by Crippen LogP contribution is -2.53. The fourth-order valence-electron chi connectivity index (χ4n) is 2.57. The number of hydrogen-bond acceptors (Lipinski definition) is 4. The molecule has 18 heavy (non-hydrogen) atoms. The molecule has 0 spiro atoms. The van der Waals surface area contributed by atoms with Crippen molar-refractivity contribution >= 4 is 0 Å². The first-order valence-electron chi connectivity index (χ1n) is 6.57. The largest absolute Gasteiger partial charge is 0.454 e. The van der Waals surface area contributed by atoms with Gasteiger partial charge in [-0.15, -0.1) is 0 Å². The van der Waals surface area contributed by atoms with E-state index in [2.05, 4.69) is 17.4 Å². The van der Waals surface area contributed by atoms with Crippen LogP contribution in [-0.4, -0.2) is 32.6 Å². The molecule has 2 aliphatic heterocycles. The summed E-state index contributed by atoms with van der Waals surface area (Å²) in [7, 11) is 0. The van der Waals surface area contributed by atoms with Gasteiger partial charge in [0.15, 0.2) is 11.5 Å². The summed E-state index contributed by atoms with van der Waals surface area (Å²) in [6, 6.07) is 7.00. The quantitative estimate of drug-likeness (QED) is 0.874. The molecule has 0 radical (unpaired) electrons. The highest BCUT2D eigenvalue weighted by molar-refractivity contribution is 5.47. The van der Waals surface area contributed by atoms with E-state index in [-0.39, 0.29) is 5.41 Å². The maximum Gasteiger partial charge on any atom is 0.231 e. The summed E-state index contributed by atoms with van der Waals surface area (Å²) in [5.74, 6) is 1.72. The van der Waals surface area contributed by atoms with Crippen molar-refractivity contribution in [2.75, 3.05) is 26.6 Å². The summed E-state index contributed by atoms with van der Waals surface area (Å²) < 4.78 is 16.3. The molecule has 4 rings (SSSR count). The van der Waals surface area contributed by atoms with Gasteiger partial charge in [0, 0.05) is 12.6 Å². The van der Waals surface area contributed by atoms with Crippen LogP contribution in [-0.2, 0) is 10.2 Å². The first kappa shape index (κ1) is 10.6. The van der Waals surface area contributed by atoms with Crippen molar-refractivity contribution in [2.24, 2.45) is 0 Å². The van der Waals surface area contributed by atoms with E-state index < -0.39 is 0 Å². The van der Waals surface area contributed by atoms with Gasteiger partial charge in [-0.05, 0) is 30.5 Å². The summed E-state index contributed by atoms with van der Waals surface area (Å²) in [5, 5.41) is 3.61. The molecule has 0 bridgehead atoms. The van der Waals surface area contributed by atoms with Gasteiger partial charge in [0.25, 0.3) is 0 Å². The molecule has 0 aromatic heterocycles. The number of fused-ring (bicyclic) bond motifs is 1. The average molecular weight is 247 g/mol. The lowest BCUT2D eigenvalue weighted by Gasteiger charge is -2.42. The maximum absolute atomic E-state index is 5.46. The van der Waals surface area contributed by atoms with Crippen molar-refractivity contribution in [3.05, 3.63) is 23.8 Å². The summed E-state index contributed by atoms with van der Waals surface area (Å²) in [5.41, 5.74) is 1.43. The van der Waals surface area contributed by atoms with Crippen LogP contribution in [0, 0.1) is 0 Å². The topological polar surface area (TPSA) is 39.7 Å². The van der Waals surface area contributed by atoms with E-state index in [0.29, 0.717) is 6.79 Å². The Morgan fingerprint density at radius 1 is 1.17 bits per heavy atom. The highest BCUT2D eigenvalue weighted by atomic mass is 16.7. The van der Waals surface area contributed by atoms with E-state index in [4.69, 9.17) is 14.2 Å². The van der Waals surface area contributed by atoms with E-state index >= 15 is 0 Å². The second-order valence-electron chi connectivity index (χ2n) is 5.50. The molecule has 1 N–H and O–H groups in total. The van der Waals surface area contributed by atoms with Gasteiger partial charge in [0.1, 0.15) is 0 Å². The molecule has 2 fully saturated rings. The van der Waals surface area contributed by atoms with Crippen LogP contribution in [0.5, 0.6) is 11.5 Å². The fourth-order valence-corrected chi connectivity index (χ4v) is 2.57. The van der Waals surface area contributed by atoms with E-state index in [1.165, 1.54) is 18.4 Å². The summed E-state index contributed by atoms with van der Waals surface area (Å²) in [6.45, 7) is 2.93. The van der Waals surface area contributed by atoms with Crippen molar-refractivity contribution in [1.82, 2.24) is 5.32 Å². The van der Waals surface area contributed by atoms with Crippen LogP contribution in [0.1, 0.15) is 18.4 Å². The van der Waals surface area contributed by atoms with Crippen LogP contribution in [0.3, 0.4) is 0 Å². The summed E-state index contributed by atoms with van der Waals surface area (Å²) in [6.07, 6.45) is 2.64. The van der Waals surface area contributed by atoms with E-state index in [1.807, 2.05) is 6.07 Å². The average Bonchev–Trinajstić information content (AvgIpc) is 3.04. The predicted octanol–water partition coefficient (Wildman–Crippen LogP) is 1.44. The molecule has 0 unspecified atom stereocenters. The smallest absolute Gasteiger partial charge is 0.231 e. The number of benzene rings is 1. The molecular weight excluding hydrogens is 230 g/mol. The lowest BCUT2D eigenvalue weighted by atomic mass is 9.78. The molecule has 3 aliphatic rings. The molecule has 4 heteroatoms. The van der Waals surface area contributed by atoms with Gasteiger partial charge < -0.3 is 19.5 Å². The number of ether oxygens (including phenoxy) is 3. The number of hydrogen-bond donors (Lipinski definition) is 1. The molecule has 1 aromatic rings. The molecule has 2 heterocycles. The molecule has 96 valence electrons. The van der Waals surface area contributed by atoms with Crippen LogP contribution in [0.4, 0.5) is 0 Å². The van der Waals surface area contributed by atoms with Crippen molar-refractivity contribution in [3.8, 4) is 11.5 Å². The fraction of sp³-hybridized carbons (Fsp3) is 0.571. The molecule has 1 saturated carbocycles. The SMILES string of the molecule is c1cc2c(cc1C1(CNC3CC3)COC1)OCO2. The van der Waals surface area contributed by atoms with Gasteiger partial charge in [-0.2, -0.15) is 0 Å². The molecule has 0 amide bonds. The van der Waals surface area contributed by atoms with Crippen LogP contribution in [0.25, 0.3) is 0 Å². The van der Waals surface area contributed by atoms with Gasteiger partial charge in [0.05, 0.1) is 18.6 Å². The van der Waals surface area contributed by atoms with Crippen molar-refractivity contribution in [3.63, 3.8) is 0 Å². The molecular formula is C14H17NO3. The Kier molecular flexibility index (Phi) is 2.29. The second-order valence-corrected chi connectivity index (χ2v) is 5.50. The zero-order valence-corrected chi connectivity index (χ0v) is 10.3. The first-order chi connectivity index (χ1) is 8.86. The highest BCUT2D eigenvalue weighted by Crippen LogP contribution is 2.39. The van der Waals surface area contributed by atoms with Crippen LogP contribution >= 0.6 is 0 Å². The second kappa shape index (κ2) is 3.87. The van der Waals surface area contributed by atoms with Gasteiger partial charge >= 0.3 is 0 Å². The van der Waals surface area contributed by atoms with Crippen molar-refractivity contribution in [1.29, 1.82) is 0 Å². The Balaban J connectivity index is 1.58. The molecule has 0 atom stereocenters. The number of nitrogens with one attached hydrogen (secondary N) is 1. The monoisotopic (exact) mass is 247 g/mol. The molecule has 1 aromatic carbocycles. The van der Waals surface area contributed by atoms with Crippen LogP contribution in [0.15, 0.2) is 18.2 Å². The van der Waals surface area contributed by atoms with Crippen molar-refractivity contribution in [2.45, 2.75) is 24.3 Å². The van der Waals surface area contributed by atoms with Gasteiger partial charge in [0.2, 0.25) is 6.79 Å². The highest BCUT2D eigenvalue weighted by Gasteiger charge is 2.42. The number of rotatable bonds is 4. The van der Waals surface area contributed by atoms with Gasteiger partial charge in [-0.25, -0.2) is 0 Å². The third kappa shape index (κ3) is 1.68. The third-order valence-electron chi connectivity index (χ3n) is 4.05. The van der Waals surface area contributed by atoms with Gasteiger partial charge in [-0.1, -0.05) is 6.07 Å². The van der Waals surface area contributed by atoms with Crippen LogP contribution in [0.2, 0.25) is 0 Å². The maximum atomic E-state index is 5.46. The Labute approximate surface area is 106 Å². The van der Waals surface area contributed by atoms with Crippen LogP contribution < -0.4 is 14.8 Å². The minimum atomic E-state index is 0.129. The minimum Gasteiger partial charge on any atom is -0.454 e. The Bertz CT molecular complexity index is 466. The van der Waals surface area contributed by atoms with Crippen molar-refractivity contribution < 1.29 is 14.2 Å². The summed E-state index contributed by atoms with van der Waals surface area (Å²) in [4.78, 5) is 0. The summed E-state index contributed by atoms with van der Waals surface area (Å²) >= 11 is 0. The Morgan fingerprint density at radius 2 is 2.00 bits per heavy atom. The molecule has 1 saturated heterocycles. The third-order valence-corrected chi connectivity index (χ3v) is 4.05. The van der Waals surface area contributed by atoms with E-state index in [0.717, 1.165) is 37.3 Å². The molecule has 1 aliphatic carbocycles. The zero-order valence-electron chi connectivity index (χ0n) is 10.3. The lowest BCUT2D eigenvalue weighted by molar-refractivity contribution is -0.0592. The van der Waals surface area contributed by atoms with E-state index in [9.17, 15) is 0 Å². The standard InChI is InChI=1S/C14H17NO3/c1-4-12-13(18-9-17-12)5-10(1)14(7-16-8-14)6-15-11-2-3-11/h1,4-5,11,15H,2-3,6-9H2. The Morgan fingerprint density at radius 3 is 2.72 bits per heavy atom. The Hall–Kier alpha value is -1.26. The van der Waals surface area contributed by atoms with E-state index in [1.54, 1.807) is 0 Å². The molecule has 4 nitrogen and oxygen atoms in total. The van der Waals surface area contributed by atoms with Gasteiger partial charge in [-0.3, -0.25) is 0 Å². The first-order valence-corrected chi connectivity index (χ1v) is 6.57.